The predicted molar refractivity (Wildman–Crippen MR) is 98.8 cm³/mol. The van der Waals surface area contributed by atoms with Gasteiger partial charge in [0.25, 0.3) is 0 Å². The number of hydrogen-bond donors (Lipinski definition) is 0. The molecule has 0 radical (unpaired) electrons. The molecule has 0 unspecified atom stereocenters. The van der Waals surface area contributed by atoms with E-state index in [0.717, 1.165) is 11.1 Å². The van der Waals surface area contributed by atoms with Gasteiger partial charge in [-0.25, -0.2) is 13.4 Å². The molecule has 0 aliphatic carbocycles. The third kappa shape index (κ3) is 4.57. The van der Waals surface area contributed by atoms with Crippen molar-refractivity contribution in [2.75, 3.05) is 0 Å². The van der Waals surface area contributed by atoms with Crippen LogP contribution in [-0.4, -0.2) is 13.4 Å². The maximum Gasteiger partial charge on any atom is 0.226 e. The van der Waals surface area contributed by atoms with E-state index in [-0.39, 0.29) is 11.5 Å². The first-order valence-corrected chi connectivity index (χ1v) is 10.0. The summed E-state index contributed by atoms with van der Waals surface area (Å²) in [6.07, 6.45) is 1.42. The Morgan fingerprint density at radius 1 is 0.960 bits per heavy atom. The van der Waals surface area contributed by atoms with Gasteiger partial charge in [0.1, 0.15) is 6.26 Å². The summed E-state index contributed by atoms with van der Waals surface area (Å²) in [6, 6.07) is 17.2. The lowest BCUT2D eigenvalue weighted by Crippen LogP contribution is -2.08. The lowest BCUT2D eigenvalue weighted by molar-refractivity contribution is 0.571. The summed E-state index contributed by atoms with van der Waals surface area (Å²) in [7, 11) is -3.31. The molecule has 25 heavy (non-hydrogen) atoms. The molecule has 1 heterocycles. The molecule has 3 rings (SSSR count). The number of sulfone groups is 1. The van der Waals surface area contributed by atoms with E-state index in [4.69, 9.17) is 4.42 Å². The van der Waals surface area contributed by atoms with Crippen LogP contribution in [0, 0.1) is 0 Å². The molecular formula is C20H21NO3S. The number of rotatable bonds is 6. The van der Waals surface area contributed by atoms with Gasteiger partial charge in [0, 0.05) is 5.56 Å². The summed E-state index contributed by atoms with van der Waals surface area (Å²) >= 11 is 0. The predicted octanol–water partition coefficient (Wildman–Crippen LogP) is 4.58. The van der Waals surface area contributed by atoms with Gasteiger partial charge in [0.2, 0.25) is 5.89 Å². The summed E-state index contributed by atoms with van der Waals surface area (Å²) in [5.74, 6) is 0.734. The molecule has 0 amide bonds. The van der Waals surface area contributed by atoms with Crippen LogP contribution in [0.2, 0.25) is 0 Å². The Bertz CT molecular complexity index is 927. The van der Waals surface area contributed by atoms with Gasteiger partial charge in [0.15, 0.2) is 9.84 Å². The Morgan fingerprint density at radius 2 is 1.64 bits per heavy atom. The zero-order chi connectivity index (χ0) is 17.9. The highest BCUT2D eigenvalue weighted by atomic mass is 32.2. The van der Waals surface area contributed by atoms with E-state index in [1.165, 1.54) is 11.8 Å². The molecule has 130 valence electrons. The van der Waals surface area contributed by atoms with Crippen molar-refractivity contribution in [2.45, 2.75) is 31.3 Å². The summed E-state index contributed by atoms with van der Waals surface area (Å²) in [5, 5.41) is 0. The van der Waals surface area contributed by atoms with E-state index in [1.54, 1.807) is 0 Å². The first-order valence-electron chi connectivity index (χ1n) is 8.22. The van der Waals surface area contributed by atoms with Crippen molar-refractivity contribution >= 4 is 9.84 Å². The van der Waals surface area contributed by atoms with Crippen molar-refractivity contribution in [3.8, 4) is 11.5 Å². The van der Waals surface area contributed by atoms with Gasteiger partial charge in [-0.2, -0.15) is 0 Å². The topological polar surface area (TPSA) is 60.2 Å². The minimum Gasteiger partial charge on any atom is -0.444 e. The molecule has 0 aliphatic rings. The third-order valence-electron chi connectivity index (χ3n) is 3.97. The second-order valence-electron chi connectivity index (χ2n) is 6.44. The van der Waals surface area contributed by atoms with E-state index in [0.29, 0.717) is 17.5 Å². The van der Waals surface area contributed by atoms with Crippen LogP contribution in [0.1, 0.15) is 36.6 Å². The second kappa shape index (κ2) is 7.23. The van der Waals surface area contributed by atoms with Crippen LogP contribution in [0.25, 0.3) is 11.5 Å². The number of oxazole rings is 1. The van der Waals surface area contributed by atoms with Crippen molar-refractivity contribution in [1.82, 2.24) is 4.98 Å². The SMILES string of the molecule is CC(C)c1ccc(CS(=O)(=O)Cc2coc(-c3ccccc3)n2)cc1. The van der Waals surface area contributed by atoms with Crippen LogP contribution in [0.15, 0.2) is 65.3 Å². The highest BCUT2D eigenvalue weighted by Crippen LogP contribution is 2.21. The summed E-state index contributed by atoms with van der Waals surface area (Å²) < 4.78 is 30.3. The molecule has 0 fully saturated rings. The van der Waals surface area contributed by atoms with Crippen LogP contribution in [-0.2, 0) is 21.3 Å². The molecule has 4 nitrogen and oxygen atoms in total. The Balaban J connectivity index is 1.70. The van der Waals surface area contributed by atoms with Crippen LogP contribution >= 0.6 is 0 Å². The zero-order valence-electron chi connectivity index (χ0n) is 14.3. The van der Waals surface area contributed by atoms with Crippen molar-refractivity contribution in [3.05, 3.63) is 77.7 Å². The average molecular weight is 355 g/mol. The van der Waals surface area contributed by atoms with Gasteiger partial charge in [-0.05, 0) is 29.2 Å². The largest absolute Gasteiger partial charge is 0.444 e. The van der Waals surface area contributed by atoms with Gasteiger partial charge >= 0.3 is 0 Å². The molecule has 0 atom stereocenters. The molecule has 0 spiro atoms. The maximum atomic E-state index is 12.5. The Kier molecular flexibility index (Phi) is 5.04. The number of aromatic nitrogens is 1. The van der Waals surface area contributed by atoms with Crippen molar-refractivity contribution in [1.29, 1.82) is 0 Å². The van der Waals surface area contributed by atoms with Crippen LogP contribution in [0.3, 0.4) is 0 Å². The minimum absolute atomic E-state index is 0.00109. The highest BCUT2D eigenvalue weighted by molar-refractivity contribution is 7.89. The van der Waals surface area contributed by atoms with Crippen molar-refractivity contribution in [3.63, 3.8) is 0 Å². The first-order chi connectivity index (χ1) is 11.9. The van der Waals surface area contributed by atoms with E-state index in [2.05, 4.69) is 18.8 Å². The fraction of sp³-hybridized carbons (Fsp3) is 0.250. The minimum atomic E-state index is -3.31. The van der Waals surface area contributed by atoms with Gasteiger partial charge in [-0.3, -0.25) is 0 Å². The number of hydrogen-bond acceptors (Lipinski definition) is 4. The lowest BCUT2D eigenvalue weighted by atomic mass is 10.0. The quantitative estimate of drug-likeness (QED) is 0.649. The second-order valence-corrected chi connectivity index (χ2v) is 8.50. The highest BCUT2D eigenvalue weighted by Gasteiger charge is 2.17. The fourth-order valence-corrected chi connectivity index (χ4v) is 4.00. The zero-order valence-corrected chi connectivity index (χ0v) is 15.2. The van der Waals surface area contributed by atoms with Crippen molar-refractivity contribution in [2.24, 2.45) is 0 Å². The van der Waals surface area contributed by atoms with Crippen LogP contribution in [0.5, 0.6) is 0 Å². The monoisotopic (exact) mass is 355 g/mol. The summed E-state index contributed by atoms with van der Waals surface area (Å²) in [6.45, 7) is 4.22. The van der Waals surface area contributed by atoms with E-state index >= 15 is 0 Å². The van der Waals surface area contributed by atoms with Gasteiger partial charge in [-0.1, -0.05) is 56.3 Å². The molecule has 5 heteroatoms. The van der Waals surface area contributed by atoms with E-state index < -0.39 is 9.84 Å². The molecular weight excluding hydrogens is 334 g/mol. The smallest absolute Gasteiger partial charge is 0.226 e. The van der Waals surface area contributed by atoms with Gasteiger partial charge in [-0.15, -0.1) is 0 Å². The standard InChI is InChI=1S/C20H21NO3S/c1-15(2)17-10-8-16(9-11-17)13-25(22,23)14-19-12-24-20(21-19)18-6-4-3-5-7-18/h3-12,15H,13-14H2,1-2H3. The van der Waals surface area contributed by atoms with Crippen molar-refractivity contribution < 1.29 is 12.8 Å². The van der Waals surface area contributed by atoms with E-state index in [1.807, 2.05) is 54.6 Å². The lowest BCUT2D eigenvalue weighted by Gasteiger charge is -2.07. The summed E-state index contributed by atoms with van der Waals surface area (Å²) in [4.78, 5) is 4.30. The molecule has 0 N–H and O–H groups in total. The van der Waals surface area contributed by atoms with Gasteiger partial charge in [0.05, 0.1) is 17.2 Å². The molecule has 0 bridgehead atoms. The summed E-state index contributed by atoms with van der Waals surface area (Å²) in [5.41, 5.74) is 3.24. The van der Waals surface area contributed by atoms with E-state index in [9.17, 15) is 8.42 Å². The number of benzene rings is 2. The fourth-order valence-electron chi connectivity index (χ4n) is 2.62. The molecule has 0 saturated heterocycles. The first kappa shape index (κ1) is 17.4. The van der Waals surface area contributed by atoms with Crippen LogP contribution in [0.4, 0.5) is 0 Å². The van der Waals surface area contributed by atoms with Crippen LogP contribution < -0.4 is 0 Å². The molecule has 3 aromatic rings. The maximum absolute atomic E-state index is 12.5. The Hall–Kier alpha value is -2.40. The molecule has 0 saturated carbocycles. The Morgan fingerprint density at radius 3 is 2.28 bits per heavy atom. The molecule has 1 aromatic heterocycles. The molecule has 0 aliphatic heterocycles. The average Bonchev–Trinajstić information content (AvgIpc) is 3.03. The normalized spacial score (nSPS) is 11.8. The molecule has 2 aromatic carbocycles. The Labute approximate surface area is 148 Å². The third-order valence-corrected chi connectivity index (χ3v) is 5.48. The van der Waals surface area contributed by atoms with Gasteiger partial charge < -0.3 is 4.42 Å². The number of nitrogens with zero attached hydrogens (tertiary/aromatic N) is 1.